The van der Waals surface area contributed by atoms with Gasteiger partial charge < -0.3 is 0 Å². The Bertz CT molecular complexity index is 714. The summed E-state index contributed by atoms with van der Waals surface area (Å²) in [7, 11) is 14.5. The molecule has 4 rings (SSSR count). The van der Waals surface area contributed by atoms with E-state index < -0.39 is 14.5 Å². The van der Waals surface area contributed by atoms with Crippen LogP contribution in [0.3, 0.4) is 0 Å². The molecule has 3 heteroatoms. The third kappa shape index (κ3) is 2.08. The summed E-state index contributed by atoms with van der Waals surface area (Å²) in [6, 6.07) is 8.56. The van der Waals surface area contributed by atoms with Crippen molar-refractivity contribution in [3.63, 3.8) is 0 Å². The molecule has 0 N–H and O–H groups in total. The summed E-state index contributed by atoms with van der Waals surface area (Å²) in [5, 5.41) is 0. The molecule has 0 radical (unpaired) electrons. The third-order valence-electron chi connectivity index (χ3n) is 5.62. The molecule has 0 saturated carbocycles. The van der Waals surface area contributed by atoms with E-state index in [4.69, 9.17) is 18.6 Å². The normalized spacial score (nSPS) is 29.9. The number of rotatable bonds is 2. The van der Waals surface area contributed by atoms with Gasteiger partial charge in [-0.1, -0.05) is 0 Å². The van der Waals surface area contributed by atoms with E-state index in [1.807, 2.05) is 0 Å². The molecular formula is C19H20Cl2Ti. The average Bonchev–Trinajstić information content (AvgIpc) is 3.11. The Hall–Kier alpha value is -0.266. The van der Waals surface area contributed by atoms with Gasteiger partial charge in [0, 0.05) is 0 Å². The summed E-state index contributed by atoms with van der Waals surface area (Å²) in [5.41, 5.74) is 5.67. The van der Waals surface area contributed by atoms with Crippen molar-refractivity contribution in [1.82, 2.24) is 0 Å². The van der Waals surface area contributed by atoms with Crippen LogP contribution in [0.4, 0.5) is 0 Å². The summed E-state index contributed by atoms with van der Waals surface area (Å²) in [5.74, 6) is 0. The Balaban J connectivity index is 1.78. The van der Waals surface area contributed by atoms with Gasteiger partial charge in [0.05, 0.1) is 0 Å². The zero-order valence-electron chi connectivity index (χ0n) is 12.8. The zero-order chi connectivity index (χ0) is 15.4. The minimum absolute atomic E-state index is 0.172. The molecule has 0 fully saturated rings. The number of halogens is 2. The first kappa shape index (κ1) is 15.3. The van der Waals surface area contributed by atoms with E-state index in [1.54, 1.807) is 5.57 Å². The van der Waals surface area contributed by atoms with E-state index >= 15 is 0 Å². The summed E-state index contributed by atoms with van der Waals surface area (Å²) >= 11 is -3.22. The van der Waals surface area contributed by atoms with Crippen molar-refractivity contribution >= 4 is 24.7 Å². The van der Waals surface area contributed by atoms with Gasteiger partial charge in [-0.15, -0.1) is 0 Å². The maximum absolute atomic E-state index is 7.25. The molecule has 2 unspecified atom stereocenters. The summed E-state index contributed by atoms with van der Waals surface area (Å²) in [4.78, 5) is 0. The molecule has 0 spiro atoms. The first-order valence-electron chi connectivity index (χ1n) is 8.11. The molecule has 0 heterocycles. The number of hydrogen-bond acceptors (Lipinski definition) is 0. The quantitative estimate of drug-likeness (QED) is 0.516. The molecule has 2 atom stereocenters. The van der Waals surface area contributed by atoms with Crippen molar-refractivity contribution in [1.29, 1.82) is 0 Å². The molecule has 1 aromatic carbocycles. The van der Waals surface area contributed by atoms with Crippen molar-refractivity contribution in [2.45, 2.75) is 40.5 Å². The van der Waals surface area contributed by atoms with E-state index in [0.29, 0.717) is 4.22 Å². The average molecular weight is 367 g/mol. The zero-order valence-corrected chi connectivity index (χ0v) is 15.9. The van der Waals surface area contributed by atoms with Crippen LogP contribution in [-0.4, -0.2) is 0 Å². The van der Waals surface area contributed by atoms with Gasteiger partial charge >= 0.3 is 144 Å². The van der Waals surface area contributed by atoms with Gasteiger partial charge in [-0.25, -0.2) is 0 Å². The molecule has 3 aliphatic carbocycles. The van der Waals surface area contributed by atoms with Crippen molar-refractivity contribution in [3.8, 4) is 0 Å². The summed E-state index contributed by atoms with van der Waals surface area (Å²) < 4.78 is 0.133. The van der Waals surface area contributed by atoms with Gasteiger partial charge in [0.15, 0.2) is 0 Å². The number of fused-ring (bicyclic) bond motifs is 1. The Labute approximate surface area is 144 Å². The SMILES string of the molecule is C[C]1([Ti]([Cl])([Cl])[CH]2C=CC3=C2CCCC3)C=Cc2ccccc21. The van der Waals surface area contributed by atoms with Gasteiger partial charge in [-0.3, -0.25) is 0 Å². The van der Waals surface area contributed by atoms with Crippen LogP contribution >= 0.6 is 18.6 Å². The van der Waals surface area contributed by atoms with Gasteiger partial charge in [-0.2, -0.15) is 0 Å². The molecule has 0 aliphatic heterocycles. The van der Waals surface area contributed by atoms with Crippen LogP contribution in [0, 0.1) is 0 Å². The second kappa shape index (κ2) is 5.38. The molecule has 0 nitrogen and oxygen atoms in total. The van der Waals surface area contributed by atoms with E-state index in [2.05, 4.69) is 55.5 Å². The molecule has 0 aromatic heterocycles. The van der Waals surface area contributed by atoms with Gasteiger partial charge in [0.1, 0.15) is 0 Å². The standard InChI is InChI=1S/C10H9.C9H11.2ClH.Ti/c1-8-6-7-9-4-2-3-5-10(8)9;1-2-5-9-7-3-6-8(9)4-1;;;/h2-7H,1H3;3,6-7H,1-2,4-5H2;2*1H;/q;;;;+2/p-2. The molecule has 1 aromatic rings. The van der Waals surface area contributed by atoms with E-state index in [0.717, 1.165) is 0 Å². The molecule has 0 bridgehead atoms. The van der Waals surface area contributed by atoms with Gasteiger partial charge in [0.25, 0.3) is 0 Å². The van der Waals surface area contributed by atoms with Gasteiger partial charge in [-0.05, 0) is 0 Å². The van der Waals surface area contributed by atoms with E-state index in [-0.39, 0.29) is 3.72 Å². The van der Waals surface area contributed by atoms with Gasteiger partial charge in [0.2, 0.25) is 0 Å². The number of allylic oxidation sites excluding steroid dienone is 5. The first-order valence-corrected chi connectivity index (χ1v) is 14.1. The fourth-order valence-electron chi connectivity index (χ4n) is 4.24. The summed E-state index contributed by atoms with van der Waals surface area (Å²) in [6.45, 7) is 2.25. The van der Waals surface area contributed by atoms with Crippen LogP contribution in [-0.2, 0) is 18.2 Å². The number of benzene rings is 1. The Kier molecular flexibility index (Phi) is 3.74. The fourth-order valence-corrected chi connectivity index (χ4v) is 11.4. The van der Waals surface area contributed by atoms with Crippen LogP contribution < -0.4 is 0 Å². The molecule has 3 aliphatic rings. The Morgan fingerprint density at radius 1 is 1.09 bits per heavy atom. The van der Waals surface area contributed by atoms with Crippen molar-refractivity contribution in [3.05, 3.63) is 64.8 Å². The van der Waals surface area contributed by atoms with Crippen LogP contribution in [0.5, 0.6) is 0 Å². The first-order chi connectivity index (χ1) is 10.5. The predicted molar refractivity (Wildman–Crippen MR) is 92.9 cm³/mol. The van der Waals surface area contributed by atoms with Crippen LogP contribution in [0.25, 0.3) is 6.08 Å². The molecule has 0 amide bonds. The van der Waals surface area contributed by atoms with E-state index in [9.17, 15) is 0 Å². The van der Waals surface area contributed by atoms with Crippen molar-refractivity contribution in [2.75, 3.05) is 0 Å². The second-order valence-electron chi connectivity index (χ2n) is 6.84. The van der Waals surface area contributed by atoms with E-state index in [1.165, 1.54) is 42.4 Å². The Morgan fingerprint density at radius 3 is 2.73 bits per heavy atom. The molecule has 22 heavy (non-hydrogen) atoms. The monoisotopic (exact) mass is 366 g/mol. The third-order valence-corrected chi connectivity index (χ3v) is 15.7. The second-order valence-corrected chi connectivity index (χ2v) is 17.1. The van der Waals surface area contributed by atoms with Crippen LogP contribution in [0.2, 0.25) is 4.22 Å². The minimum atomic E-state index is -3.22. The van der Waals surface area contributed by atoms with Crippen molar-refractivity contribution < 1.29 is 14.5 Å². The van der Waals surface area contributed by atoms with Crippen LogP contribution in [0.15, 0.2) is 53.6 Å². The maximum atomic E-state index is 7.25. The van der Waals surface area contributed by atoms with Crippen LogP contribution in [0.1, 0.15) is 43.7 Å². The van der Waals surface area contributed by atoms with Crippen molar-refractivity contribution in [2.24, 2.45) is 0 Å². The topological polar surface area (TPSA) is 0 Å². The summed E-state index contributed by atoms with van der Waals surface area (Å²) in [6.07, 6.45) is 14.1. The fraction of sp³-hybridized carbons (Fsp3) is 0.368. The molecular weight excluding hydrogens is 347 g/mol. The Morgan fingerprint density at radius 2 is 1.86 bits per heavy atom. The number of hydrogen-bond donors (Lipinski definition) is 0. The predicted octanol–water partition coefficient (Wildman–Crippen LogP) is 6.62. The molecule has 0 saturated heterocycles. The molecule has 114 valence electrons.